The molecule has 1 saturated carbocycles. The van der Waals surface area contributed by atoms with Crippen molar-refractivity contribution in [1.82, 2.24) is 0 Å². The van der Waals surface area contributed by atoms with Gasteiger partial charge in [-0.1, -0.05) is 31.0 Å². The first-order chi connectivity index (χ1) is 16.0. The lowest BCUT2D eigenvalue weighted by molar-refractivity contribution is -0.145. The molecule has 2 N–H and O–H groups in total. The second kappa shape index (κ2) is 10.5. The Morgan fingerprint density at radius 3 is 2.64 bits per heavy atom. The van der Waals surface area contributed by atoms with Crippen molar-refractivity contribution in [3.63, 3.8) is 0 Å². The number of benzene rings is 2. The van der Waals surface area contributed by atoms with Crippen LogP contribution in [0, 0.1) is 5.82 Å². The van der Waals surface area contributed by atoms with E-state index in [0.717, 1.165) is 31.2 Å². The molecule has 0 unspecified atom stereocenters. The zero-order chi connectivity index (χ0) is 23.3. The summed E-state index contributed by atoms with van der Waals surface area (Å²) < 4.78 is 32.2. The predicted octanol–water partition coefficient (Wildman–Crippen LogP) is 5.40. The van der Waals surface area contributed by atoms with Crippen LogP contribution in [0.1, 0.15) is 51.0 Å². The average molecular weight is 458 g/mol. The Morgan fingerprint density at radius 1 is 1.18 bits per heavy atom. The van der Waals surface area contributed by atoms with Crippen molar-refractivity contribution < 1.29 is 28.5 Å². The summed E-state index contributed by atoms with van der Waals surface area (Å²) in [5.74, 6) is -1.09. The third-order valence-corrected chi connectivity index (χ3v) is 6.57. The molecule has 1 heterocycles. The largest absolute Gasteiger partial charge is 0.491 e. The molecular weight excluding hydrogens is 425 g/mol. The summed E-state index contributed by atoms with van der Waals surface area (Å²) in [6.45, 7) is 3.32. The monoisotopic (exact) mass is 457 g/mol. The van der Waals surface area contributed by atoms with Crippen molar-refractivity contribution in [3.05, 3.63) is 47.8 Å². The van der Waals surface area contributed by atoms with Gasteiger partial charge in [-0.3, -0.25) is 0 Å². The van der Waals surface area contributed by atoms with Gasteiger partial charge in [0.2, 0.25) is 0 Å². The van der Waals surface area contributed by atoms with E-state index in [1.54, 1.807) is 24.3 Å². The number of rotatable bonds is 9. The quantitative estimate of drug-likeness (QED) is 0.525. The molecule has 0 atom stereocenters. The Bertz CT molecular complexity index is 967. The van der Waals surface area contributed by atoms with Crippen LogP contribution < -0.4 is 10.1 Å². The molecule has 0 spiro atoms. The lowest BCUT2D eigenvalue weighted by Crippen LogP contribution is -2.50. The van der Waals surface area contributed by atoms with Crippen LogP contribution in [0.25, 0.3) is 11.1 Å². The molecule has 33 heavy (non-hydrogen) atoms. The average Bonchev–Trinajstić information content (AvgIpc) is 3.34. The number of carboxylic acids is 1. The van der Waals surface area contributed by atoms with Crippen LogP contribution in [0.5, 0.6) is 5.75 Å². The Balaban J connectivity index is 1.67. The standard InChI is InChI=1S/C26H32FNO5/c1-2-32-23-9-5-8-22(24(23)27)21-11-10-19(16-18(21)17-33-20-6-3-4-7-20)28-26(25(29)30)12-14-31-15-13-26/h5,8-11,16,20,28H,2-4,6-7,12-15,17H2,1H3,(H,29,30). The van der Waals surface area contributed by atoms with Crippen molar-refractivity contribution in [2.24, 2.45) is 0 Å². The molecule has 0 bridgehead atoms. The third kappa shape index (κ3) is 5.31. The van der Waals surface area contributed by atoms with Gasteiger partial charge < -0.3 is 24.6 Å². The Morgan fingerprint density at radius 2 is 1.94 bits per heavy atom. The lowest BCUT2D eigenvalue weighted by Gasteiger charge is -2.35. The molecule has 1 saturated heterocycles. The highest BCUT2D eigenvalue weighted by molar-refractivity contribution is 5.83. The molecule has 6 nitrogen and oxygen atoms in total. The van der Waals surface area contributed by atoms with Crippen LogP contribution in [0.2, 0.25) is 0 Å². The van der Waals surface area contributed by atoms with E-state index in [-0.39, 0.29) is 11.9 Å². The maximum atomic E-state index is 15.2. The van der Waals surface area contributed by atoms with E-state index >= 15 is 4.39 Å². The SMILES string of the molecule is CCOc1cccc(-c2ccc(NC3(C(=O)O)CCOCC3)cc2COC2CCCC2)c1F. The van der Waals surface area contributed by atoms with Crippen LogP contribution in [-0.2, 0) is 20.9 Å². The summed E-state index contributed by atoms with van der Waals surface area (Å²) in [7, 11) is 0. The fourth-order valence-corrected chi connectivity index (χ4v) is 4.69. The molecule has 178 valence electrons. The molecule has 0 amide bonds. The highest BCUT2D eigenvalue weighted by Crippen LogP contribution is 2.35. The molecule has 2 aromatic rings. The number of anilines is 1. The number of carboxylic acid groups (broad SMARTS) is 1. The van der Waals surface area contributed by atoms with Gasteiger partial charge in [0, 0.05) is 37.3 Å². The predicted molar refractivity (Wildman–Crippen MR) is 124 cm³/mol. The maximum Gasteiger partial charge on any atom is 0.329 e. The second-order valence-corrected chi connectivity index (χ2v) is 8.76. The van der Waals surface area contributed by atoms with Gasteiger partial charge in [0.05, 0.1) is 19.3 Å². The van der Waals surface area contributed by atoms with Gasteiger partial charge >= 0.3 is 5.97 Å². The molecule has 2 aliphatic rings. The highest BCUT2D eigenvalue weighted by Gasteiger charge is 2.40. The van der Waals surface area contributed by atoms with Gasteiger partial charge in [0.15, 0.2) is 11.6 Å². The van der Waals surface area contributed by atoms with E-state index in [0.29, 0.717) is 56.1 Å². The van der Waals surface area contributed by atoms with Crippen molar-refractivity contribution in [3.8, 4) is 16.9 Å². The van der Waals surface area contributed by atoms with E-state index in [1.807, 2.05) is 19.1 Å². The van der Waals surface area contributed by atoms with E-state index in [9.17, 15) is 9.90 Å². The number of hydrogen-bond acceptors (Lipinski definition) is 5. The van der Waals surface area contributed by atoms with Gasteiger partial charge in [0.1, 0.15) is 5.54 Å². The lowest BCUT2D eigenvalue weighted by atomic mass is 9.89. The van der Waals surface area contributed by atoms with Crippen LogP contribution in [0.15, 0.2) is 36.4 Å². The van der Waals surface area contributed by atoms with Gasteiger partial charge in [0.25, 0.3) is 0 Å². The molecule has 1 aliphatic carbocycles. The number of ether oxygens (including phenoxy) is 3. The number of aliphatic carboxylic acids is 1. The van der Waals surface area contributed by atoms with Crippen LogP contribution >= 0.6 is 0 Å². The minimum atomic E-state index is -1.08. The third-order valence-electron chi connectivity index (χ3n) is 6.57. The Kier molecular flexibility index (Phi) is 7.50. The van der Waals surface area contributed by atoms with Gasteiger partial charge in [-0.05, 0) is 49.1 Å². The molecule has 7 heteroatoms. The van der Waals surface area contributed by atoms with Crippen molar-refractivity contribution in [2.45, 2.75) is 63.7 Å². The summed E-state index contributed by atoms with van der Waals surface area (Å²) in [6, 6.07) is 10.7. The van der Waals surface area contributed by atoms with E-state index in [2.05, 4.69) is 5.32 Å². The van der Waals surface area contributed by atoms with Crippen molar-refractivity contribution in [1.29, 1.82) is 0 Å². The van der Waals surface area contributed by atoms with Crippen LogP contribution in [-0.4, -0.2) is 42.5 Å². The first-order valence-corrected chi connectivity index (χ1v) is 11.8. The van der Waals surface area contributed by atoms with Gasteiger partial charge in [-0.25, -0.2) is 9.18 Å². The molecule has 4 rings (SSSR count). The summed E-state index contributed by atoms with van der Waals surface area (Å²) in [5.41, 5.74) is 1.57. The topological polar surface area (TPSA) is 77.0 Å². The van der Waals surface area contributed by atoms with E-state index in [1.165, 1.54) is 0 Å². The number of nitrogens with one attached hydrogen (secondary N) is 1. The summed E-state index contributed by atoms with van der Waals surface area (Å²) in [6.07, 6.45) is 5.34. The normalized spacial score (nSPS) is 18.2. The molecular formula is C26H32FNO5. The molecule has 2 fully saturated rings. The fourth-order valence-electron chi connectivity index (χ4n) is 4.69. The first-order valence-electron chi connectivity index (χ1n) is 11.8. The number of hydrogen-bond donors (Lipinski definition) is 2. The van der Waals surface area contributed by atoms with Crippen molar-refractivity contribution in [2.75, 3.05) is 25.1 Å². The summed E-state index contributed by atoms with van der Waals surface area (Å²) >= 11 is 0. The van der Waals surface area contributed by atoms with Gasteiger partial charge in [-0.15, -0.1) is 0 Å². The van der Waals surface area contributed by atoms with E-state index < -0.39 is 17.3 Å². The molecule has 2 aromatic carbocycles. The minimum absolute atomic E-state index is 0.204. The Hall–Kier alpha value is -2.64. The molecule has 0 aromatic heterocycles. The highest BCUT2D eigenvalue weighted by atomic mass is 19.1. The number of halogens is 1. The fraction of sp³-hybridized carbons (Fsp3) is 0.500. The van der Waals surface area contributed by atoms with Crippen LogP contribution in [0.4, 0.5) is 10.1 Å². The zero-order valence-electron chi connectivity index (χ0n) is 19.1. The maximum absolute atomic E-state index is 15.2. The second-order valence-electron chi connectivity index (χ2n) is 8.76. The summed E-state index contributed by atoms with van der Waals surface area (Å²) in [4.78, 5) is 12.1. The minimum Gasteiger partial charge on any atom is -0.491 e. The van der Waals surface area contributed by atoms with E-state index in [4.69, 9.17) is 14.2 Å². The molecule has 0 radical (unpaired) electrons. The summed E-state index contributed by atoms with van der Waals surface area (Å²) in [5, 5.41) is 13.1. The Labute approximate surface area is 194 Å². The smallest absolute Gasteiger partial charge is 0.329 e. The van der Waals surface area contributed by atoms with Gasteiger partial charge in [-0.2, -0.15) is 0 Å². The first kappa shape index (κ1) is 23.5. The van der Waals surface area contributed by atoms with Crippen molar-refractivity contribution >= 4 is 11.7 Å². The number of carbonyl (C=O) groups is 1. The molecule has 1 aliphatic heterocycles. The van der Waals surface area contributed by atoms with Crippen LogP contribution in [0.3, 0.4) is 0 Å². The zero-order valence-corrected chi connectivity index (χ0v) is 19.1.